The van der Waals surface area contributed by atoms with Gasteiger partial charge in [0.15, 0.2) is 0 Å². The fourth-order valence-electron chi connectivity index (χ4n) is 2.90. The highest BCUT2D eigenvalue weighted by Gasteiger charge is 2.35. The van der Waals surface area contributed by atoms with E-state index in [4.69, 9.17) is 4.74 Å². The van der Waals surface area contributed by atoms with Crippen molar-refractivity contribution in [3.05, 3.63) is 63.8 Å². The Morgan fingerprint density at radius 3 is 2.35 bits per heavy atom. The predicted molar refractivity (Wildman–Crippen MR) is 90.1 cm³/mol. The van der Waals surface area contributed by atoms with Gasteiger partial charge in [0.1, 0.15) is 17.0 Å². The van der Waals surface area contributed by atoms with Crippen molar-refractivity contribution in [3.8, 4) is 16.9 Å². The van der Waals surface area contributed by atoms with Crippen molar-refractivity contribution in [2.24, 2.45) is 0 Å². The average molecular weight is 362 g/mol. The first-order valence-corrected chi connectivity index (χ1v) is 7.53. The van der Waals surface area contributed by atoms with Gasteiger partial charge in [0, 0.05) is 10.9 Å². The SMILES string of the molecule is COc1cc([N+](=O)[O-])c2nc(C(F)(F)F)cc(C)c2c1-c1ccccc1. The van der Waals surface area contributed by atoms with Crippen LogP contribution >= 0.6 is 0 Å². The first kappa shape index (κ1) is 17.7. The van der Waals surface area contributed by atoms with Crippen LogP contribution in [0.1, 0.15) is 11.3 Å². The predicted octanol–water partition coefficient (Wildman–Crippen LogP) is 5.15. The molecule has 8 heteroatoms. The smallest absolute Gasteiger partial charge is 0.433 e. The highest BCUT2D eigenvalue weighted by atomic mass is 19.4. The minimum atomic E-state index is -4.71. The van der Waals surface area contributed by atoms with Gasteiger partial charge in [0.25, 0.3) is 5.69 Å². The molecule has 0 amide bonds. The number of aryl methyl sites for hydroxylation is 1. The molecule has 0 spiro atoms. The van der Waals surface area contributed by atoms with Gasteiger partial charge in [0.05, 0.1) is 18.1 Å². The second-order valence-corrected chi connectivity index (χ2v) is 5.64. The number of alkyl halides is 3. The van der Waals surface area contributed by atoms with Gasteiger partial charge in [-0.15, -0.1) is 0 Å². The molecule has 134 valence electrons. The van der Waals surface area contributed by atoms with Crippen LogP contribution < -0.4 is 4.74 Å². The molecule has 0 atom stereocenters. The number of nitro benzene ring substituents is 1. The van der Waals surface area contributed by atoms with Crippen LogP contribution in [0.15, 0.2) is 42.5 Å². The number of non-ortho nitro benzene ring substituents is 1. The van der Waals surface area contributed by atoms with E-state index in [0.29, 0.717) is 11.1 Å². The molecule has 0 saturated carbocycles. The zero-order chi connectivity index (χ0) is 19.1. The topological polar surface area (TPSA) is 65.3 Å². The molecule has 2 aromatic carbocycles. The quantitative estimate of drug-likeness (QED) is 0.478. The highest BCUT2D eigenvalue weighted by molar-refractivity contribution is 6.04. The molecule has 3 aromatic rings. The Bertz CT molecular complexity index is 1000. The molecule has 0 unspecified atom stereocenters. The molecule has 0 saturated heterocycles. The Kier molecular flexibility index (Phi) is 4.27. The zero-order valence-electron chi connectivity index (χ0n) is 13.8. The van der Waals surface area contributed by atoms with E-state index >= 15 is 0 Å². The number of methoxy groups -OCH3 is 1. The summed E-state index contributed by atoms with van der Waals surface area (Å²) in [6.45, 7) is 1.47. The number of pyridine rings is 1. The Morgan fingerprint density at radius 2 is 1.81 bits per heavy atom. The van der Waals surface area contributed by atoms with Gasteiger partial charge >= 0.3 is 6.18 Å². The Hall–Kier alpha value is -3.16. The average Bonchev–Trinajstić information content (AvgIpc) is 2.60. The molecule has 1 aromatic heterocycles. The number of nitrogens with zero attached hydrogens (tertiary/aromatic N) is 2. The van der Waals surface area contributed by atoms with E-state index in [2.05, 4.69) is 4.98 Å². The summed E-state index contributed by atoms with van der Waals surface area (Å²) in [4.78, 5) is 14.2. The molecule has 0 radical (unpaired) electrons. The Balaban J connectivity index is 2.52. The van der Waals surface area contributed by atoms with Gasteiger partial charge in [0.2, 0.25) is 0 Å². The van der Waals surface area contributed by atoms with Gasteiger partial charge < -0.3 is 4.74 Å². The number of ether oxygens (including phenoxy) is 1. The standard InChI is InChI=1S/C18H13F3N2O3/c1-10-8-14(18(19,20)21)22-17-12(23(24)25)9-13(26-2)16(15(10)17)11-6-4-3-5-7-11/h3-9H,1-2H3. The maximum absolute atomic E-state index is 13.1. The van der Waals surface area contributed by atoms with E-state index in [0.717, 1.165) is 12.1 Å². The van der Waals surface area contributed by atoms with E-state index in [1.807, 2.05) is 0 Å². The summed E-state index contributed by atoms with van der Waals surface area (Å²) >= 11 is 0. The van der Waals surface area contributed by atoms with Gasteiger partial charge in [-0.3, -0.25) is 10.1 Å². The molecule has 3 rings (SSSR count). The van der Waals surface area contributed by atoms with Crippen molar-refractivity contribution < 1.29 is 22.8 Å². The number of benzene rings is 2. The van der Waals surface area contributed by atoms with Crippen LogP contribution in [0.25, 0.3) is 22.0 Å². The first-order valence-electron chi connectivity index (χ1n) is 7.53. The van der Waals surface area contributed by atoms with Crippen molar-refractivity contribution in [2.45, 2.75) is 13.1 Å². The van der Waals surface area contributed by atoms with Crippen molar-refractivity contribution >= 4 is 16.6 Å². The summed E-state index contributed by atoms with van der Waals surface area (Å²) in [6, 6.07) is 10.8. The molecule has 0 aliphatic carbocycles. The van der Waals surface area contributed by atoms with E-state index in [1.165, 1.54) is 14.0 Å². The molecule has 0 fully saturated rings. The highest BCUT2D eigenvalue weighted by Crippen LogP contribution is 2.43. The van der Waals surface area contributed by atoms with Crippen LogP contribution in [0.4, 0.5) is 18.9 Å². The largest absolute Gasteiger partial charge is 0.496 e. The lowest BCUT2D eigenvalue weighted by Gasteiger charge is -2.16. The fourth-order valence-corrected chi connectivity index (χ4v) is 2.90. The third kappa shape index (κ3) is 2.94. The molecule has 26 heavy (non-hydrogen) atoms. The maximum atomic E-state index is 13.1. The van der Waals surface area contributed by atoms with E-state index < -0.39 is 22.5 Å². The second-order valence-electron chi connectivity index (χ2n) is 5.64. The van der Waals surface area contributed by atoms with E-state index in [-0.39, 0.29) is 22.2 Å². The van der Waals surface area contributed by atoms with Gasteiger partial charge in [-0.25, -0.2) is 4.98 Å². The summed E-state index contributed by atoms with van der Waals surface area (Å²) < 4.78 is 44.7. The number of aromatic nitrogens is 1. The number of rotatable bonds is 3. The number of hydrogen-bond donors (Lipinski definition) is 0. The Morgan fingerprint density at radius 1 is 1.15 bits per heavy atom. The lowest BCUT2D eigenvalue weighted by Crippen LogP contribution is -2.10. The van der Waals surface area contributed by atoms with Gasteiger partial charge in [-0.05, 0) is 24.1 Å². The molecule has 5 nitrogen and oxygen atoms in total. The molecule has 0 bridgehead atoms. The van der Waals surface area contributed by atoms with Crippen molar-refractivity contribution in [1.82, 2.24) is 4.98 Å². The second kappa shape index (κ2) is 6.29. The zero-order valence-corrected chi connectivity index (χ0v) is 13.8. The minimum Gasteiger partial charge on any atom is -0.496 e. The summed E-state index contributed by atoms with van der Waals surface area (Å²) in [7, 11) is 1.35. The van der Waals surface area contributed by atoms with Crippen LogP contribution in [-0.2, 0) is 6.18 Å². The summed E-state index contributed by atoms with van der Waals surface area (Å²) in [5.41, 5.74) is -0.674. The molecule has 0 N–H and O–H groups in total. The number of hydrogen-bond acceptors (Lipinski definition) is 4. The lowest BCUT2D eigenvalue weighted by atomic mass is 9.95. The Labute approximate surface area is 146 Å². The molecule has 0 aliphatic rings. The van der Waals surface area contributed by atoms with Crippen molar-refractivity contribution in [2.75, 3.05) is 7.11 Å². The maximum Gasteiger partial charge on any atom is 0.433 e. The van der Waals surface area contributed by atoms with Crippen molar-refractivity contribution in [1.29, 1.82) is 0 Å². The van der Waals surface area contributed by atoms with Gasteiger partial charge in [-0.1, -0.05) is 30.3 Å². The number of fused-ring (bicyclic) bond motifs is 1. The minimum absolute atomic E-state index is 0.194. The van der Waals surface area contributed by atoms with Crippen molar-refractivity contribution in [3.63, 3.8) is 0 Å². The van der Waals surface area contributed by atoms with Crippen LogP contribution in [0.2, 0.25) is 0 Å². The van der Waals surface area contributed by atoms with Gasteiger partial charge in [-0.2, -0.15) is 13.2 Å². The van der Waals surface area contributed by atoms with Crippen LogP contribution in [0.3, 0.4) is 0 Å². The van der Waals surface area contributed by atoms with Crippen LogP contribution in [0.5, 0.6) is 5.75 Å². The third-order valence-corrected chi connectivity index (χ3v) is 3.99. The summed E-state index contributed by atoms with van der Waals surface area (Å²) in [5, 5.41) is 11.7. The number of nitro groups is 1. The fraction of sp³-hybridized carbons (Fsp3) is 0.167. The third-order valence-electron chi connectivity index (χ3n) is 3.99. The lowest BCUT2D eigenvalue weighted by molar-refractivity contribution is -0.383. The summed E-state index contributed by atoms with van der Waals surface area (Å²) in [5.74, 6) is 0.194. The normalized spacial score (nSPS) is 11.6. The van der Waals surface area contributed by atoms with Crippen LogP contribution in [-0.4, -0.2) is 17.0 Å². The molecular weight excluding hydrogens is 349 g/mol. The number of halogens is 3. The van der Waals surface area contributed by atoms with E-state index in [1.54, 1.807) is 30.3 Å². The summed E-state index contributed by atoms with van der Waals surface area (Å²) in [6.07, 6.45) is -4.71. The van der Waals surface area contributed by atoms with E-state index in [9.17, 15) is 23.3 Å². The molecular formula is C18H13F3N2O3. The van der Waals surface area contributed by atoms with Crippen LogP contribution in [0, 0.1) is 17.0 Å². The molecule has 1 heterocycles. The first-order chi connectivity index (χ1) is 12.2. The molecule has 0 aliphatic heterocycles. The monoisotopic (exact) mass is 362 g/mol.